The van der Waals surface area contributed by atoms with Gasteiger partial charge < -0.3 is 9.47 Å². The molecule has 4 rings (SSSR count). The molecule has 0 N–H and O–H groups in total. The van der Waals surface area contributed by atoms with E-state index >= 15 is 0 Å². The minimum absolute atomic E-state index is 0.257. The van der Waals surface area contributed by atoms with Gasteiger partial charge >= 0.3 is 0 Å². The van der Waals surface area contributed by atoms with Crippen molar-refractivity contribution in [3.63, 3.8) is 0 Å². The third-order valence-electron chi connectivity index (χ3n) is 6.89. The fourth-order valence-corrected chi connectivity index (χ4v) is 5.33. The maximum absolute atomic E-state index is 13.6. The van der Waals surface area contributed by atoms with Gasteiger partial charge in [0.15, 0.2) is 5.82 Å². The summed E-state index contributed by atoms with van der Waals surface area (Å²) in [4.78, 5) is 18.0. The van der Waals surface area contributed by atoms with Crippen LogP contribution < -0.4 is 0 Å². The van der Waals surface area contributed by atoms with Crippen LogP contribution in [0.25, 0.3) is 6.08 Å². The van der Waals surface area contributed by atoms with Gasteiger partial charge in [-0.05, 0) is 31.2 Å². The summed E-state index contributed by atoms with van der Waals surface area (Å²) in [5.74, 6) is 1.07. The summed E-state index contributed by atoms with van der Waals surface area (Å²) in [6.07, 6.45) is 10.3. The van der Waals surface area contributed by atoms with Crippen LogP contribution in [0.3, 0.4) is 0 Å². The van der Waals surface area contributed by atoms with E-state index in [1.807, 2.05) is 29.6 Å². The highest BCUT2D eigenvalue weighted by Crippen LogP contribution is 2.52. The number of hydrogen-bond donors (Lipinski definition) is 0. The summed E-state index contributed by atoms with van der Waals surface area (Å²) in [6.45, 7) is 3.58. The largest absolute Gasteiger partial charge is 0.338 e. The van der Waals surface area contributed by atoms with Crippen LogP contribution >= 0.6 is 0 Å². The zero-order chi connectivity index (χ0) is 20.4. The summed E-state index contributed by atoms with van der Waals surface area (Å²) in [5, 5.41) is 8.08. The molecule has 29 heavy (non-hydrogen) atoms. The second-order valence-electron chi connectivity index (χ2n) is 8.49. The fraction of sp³-hybridized carbons (Fsp3) is 0.522. The molecule has 3 atom stereocenters. The lowest BCUT2D eigenvalue weighted by molar-refractivity contribution is -0.143. The van der Waals surface area contributed by atoms with Crippen molar-refractivity contribution in [2.45, 2.75) is 51.2 Å². The van der Waals surface area contributed by atoms with Crippen LogP contribution in [0, 0.1) is 5.41 Å². The molecule has 2 aliphatic heterocycles. The number of carbonyl (C=O) groups is 1. The van der Waals surface area contributed by atoms with E-state index in [2.05, 4.69) is 58.4 Å². The Balaban J connectivity index is 1.47. The number of aryl methyl sites for hydroxylation is 1. The van der Waals surface area contributed by atoms with Gasteiger partial charge in [-0.2, -0.15) is 0 Å². The normalized spacial score (nSPS) is 26.4. The van der Waals surface area contributed by atoms with Gasteiger partial charge in [0.05, 0.1) is 12.0 Å². The molecule has 0 unspecified atom stereocenters. The number of fused-ring (bicyclic) bond motifs is 2. The molecule has 1 aromatic carbocycles. The molecule has 3 heterocycles. The topological polar surface area (TPSA) is 54.3 Å². The highest BCUT2D eigenvalue weighted by molar-refractivity contribution is 5.84. The van der Waals surface area contributed by atoms with Crippen LogP contribution in [0.15, 0.2) is 42.7 Å². The second-order valence-corrected chi connectivity index (χ2v) is 8.49. The summed E-state index contributed by atoms with van der Waals surface area (Å²) in [7, 11) is 3.82. The van der Waals surface area contributed by atoms with Gasteiger partial charge in [-0.1, -0.05) is 49.4 Å². The maximum Gasteiger partial charge on any atom is 0.230 e. The van der Waals surface area contributed by atoms with Crippen molar-refractivity contribution in [3.05, 3.63) is 54.1 Å². The van der Waals surface area contributed by atoms with Crippen LogP contribution in [0.2, 0.25) is 0 Å². The van der Waals surface area contributed by atoms with E-state index in [1.54, 1.807) is 6.33 Å². The molecule has 0 spiro atoms. The van der Waals surface area contributed by atoms with Gasteiger partial charge in [0.2, 0.25) is 5.91 Å². The zero-order valence-corrected chi connectivity index (χ0v) is 17.7. The average molecular weight is 394 g/mol. The average Bonchev–Trinajstić information content (AvgIpc) is 3.42. The number of benzene rings is 1. The van der Waals surface area contributed by atoms with E-state index < -0.39 is 0 Å². The minimum Gasteiger partial charge on any atom is -0.338 e. The number of aromatic nitrogens is 3. The van der Waals surface area contributed by atoms with Crippen molar-refractivity contribution >= 4 is 12.0 Å². The molecule has 2 saturated heterocycles. The Morgan fingerprint density at radius 3 is 2.79 bits per heavy atom. The third kappa shape index (κ3) is 3.62. The van der Waals surface area contributed by atoms with E-state index in [4.69, 9.17) is 0 Å². The number of nitrogens with zero attached hydrogens (tertiary/aromatic N) is 5. The quantitative estimate of drug-likeness (QED) is 0.725. The van der Waals surface area contributed by atoms with Crippen molar-refractivity contribution in [1.82, 2.24) is 24.6 Å². The summed E-state index contributed by atoms with van der Waals surface area (Å²) < 4.78 is 1.88. The van der Waals surface area contributed by atoms with Crippen LogP contribution in [0.5, 0.6) is 0 Å². The Kier molecular flexibility index (Phi) is 5.54. The highest BCUT2D eigenvalue weighted by atomic mass is 16.2. The van der Waals surface area contributed by atoms with Crippen LogP contribution in [0.4, 0.5) is 0 Å². The molecule has 0 saturated carbocycles. The molecule has 2 aliphatic rings. The Bertz CT molecular complexity index is 876. The van der Waals surface area contributed by atoms with E-state index in [-0.39, 0.29) is 11.3 Å². The van der Waals surface area contributed by atoms with Crippen molar-refractivity contribution in [3.8, 4) is 0 Å². The predicted molar refractivity (Wildman–Crippen MR) is 114 cm³/mol. The summed E-state index contributed by atoms with van der Waals surface area (Å²) in [6, 6.07) is 11.2. The van der Waals surface area contributed by atoms with Crippen LogP contribution in [-0.2, 0) is 18.4 Å². The number of rotatable bonds is 7. The SMILES string of the molecule is CC[C@@]1(C(=O)N(C)Cc2nncn2C)C[C@@H]2CC[C@H]1N2C/C=C/c1ccccc1. The maximum atomic E-state index is 13.6. The molecule has 6 nitrogen and oxygen atoms in total. The van der Waals surface area contributed by atoms with Crippen LogP contribution in [0.1, 0.15) is 44.0 Å². The molecule has 1 amide bonds. The first-order chi connectivity index (χ1) is 14.0. The molecular weight excluding hydrogens is 362 g/mol. The van der Waals surface area contributed by atoms with E-state index in [0.29, 0.717) is 18.6 Å². The molecule has 2 fully saturated rings. The zero-order valence-electron chi connectivity index (χ0n) is 17.7. The lowest BCUT2D eigenvalue weighted by Crippen LogP contribution is -2.49. The Labute approximate surface area is 173 Å². The van der Waals surface area contributed by atoms with Crippen molar-refractivity contribution in [2.75, 3.05) is 13.6 Å². The second kappa shape index (κ2) is 8.11. The predicted octanol–water partition coefficient (Wildman–Crippen LogP) is 3.12. The Hall–Kier alpha value is -2.47. The molecule has 0 aliphatic carbocycles. The van der Waals surface area contributed by atoms with E-state index in [9.17, 15) is 4.79 Å². The molecule has 0 radical (unpaired) electrons. The lowest BCUT2D eigenvalue weighted by atomic mass is 9.71. The van der Waals surface area contributed by atoms with Gasteiger partial charge in [0.1, 0.15) is 6.33 Å². The smallest absolute Gasteiger partial charge is 0.230 e. The van der Waals surface area contributed by atoms with Crippen LogP contribution in [-0.4, -0.2) is 56.1 Å². The van der Waals surface area contributed by atoms with E-state index in [1.165, 1.54) is 12.0 Å². The Morgan fingerprint density at radius 2 is 2.10 bits per heavy atom. The lowest BCUT2D eigenvalue weighted by Gasteiger charge is -2.38. The van der Waals surface area contributed by atoms with Gasteiger partial charge in [-0.15, -0.1) is 10.2 Å². The Morgan fingerprint density at radius 1 is 1.31 bits per heavy atom. The van der Waals surface area contributed by atoms with E-state index in [0.717, 1.165) is 31.6 Å². The van der Waals surface area contributed by atoms with Gasteiger partial charge in [0, 0.05) is 32.7 Å². The highest BCUT2D eigenvalue weighted by Gasteiger charge is 2.58. The molecular formula is C23H31N5O. The monoisotopic (exact) mass is 393 g/mol. The summed E-state index contributed by atoms with van der Waals surface area (Å²) >= 11 is 0. The standard InChI is InChI=1S/C23H31N5O/c1-4-23(22(29)26(2)16-21-25-24-17-27(21)3)15-19-12-13-20(23)28(19)14-8-11-18-9-6-5-7-10-18/h5-11,17,19-20H,4,12-16H2,1-3H3/b11-8+/t19-,20+,23+/m0/s1. The van der Waals surface area contributed by atoms with Gasteiger partial charge in [0.25, 0.3) is 0 Å². The number of carbonyl (C=O) groups excluding carboxylic acids is 1. The third-order valence-corrected chi connectivity index (χ3v) is 6.89. The van der Waals surface area contributed by atoms with Gasteiger partial charge in [-0.3, -0.25) is 9.69 Å². The van der Waals surface area contributed by atoms with Crippen molar-refractivity contribution in [2.24, 2.45) is 12.5 Å². The first kappa shape index (κ1) is 19.8. The minimum atomic E-state index is -0.281. The molecule has 1 aromatic heterocycles. The first-order valence-corrected chi connectivity index (χ1v) is 10.6. The van der Waals surface area contributed by atoms with Crippen molar-refractivity contribution in [1.29, 1.82) is 0 Å². The molecule has 154 valence electrons. The summed E-state index contributed by atoms with van der Waals surface area (Å²) in [5.41, 5.74) is 0.942. The number of hydrogen-bond acceptors (Lipinski definition) is 4. The molecule has 2 bridgehead atoms. The first-order valence-electron chi connectivity index (χ1n) is 10.6. The number of amides is 1. The molecule has 6 heteroatoms. The fourth-order valence-electron chi connectivity index (χ4n) is 5.33. The van der Waals surface area contributed by atoms with Gasteiger partial charge in [-0.25, -0.2) is 0 Å². The van der Waals surface area contributed by atoms with Crippen molar-refractivity contribution < 1.29 is 4.79 Å². The molecule has 2 aromatic rings.